The van der Waals surface area contributed by atoms with Crippen LogP contribution in [0.4, 0.5) is 0 Å². The molecule has 2 aromatic rings. The molecule has 0 saturated carbocycles. The maximum atomic E-state index is 5.20. The Morgan fingerprint density at radius 2 is 2.24 bits per heavy atom. The van der Waals surface area contributed by atoms with Crippen molar-refractivity contribution in [1.82, 2.24) is 10.3 Å². The van der Waals surface area contributed by atoms with Gasteiger partial charge in [-0.25, -0.2) is 0 Å². The topological polar surface area (TPSA) is 37.0 Å². The third kappa shape index (κ3) is 2.34. The first-order valence-electron chi connectivity index (χ1n) is 5.71. The van der Waals surface area contributed by atoms with Crippen molar-refractivity contribution < 1.29 is 4.74 Å². The van der Waals surface area contributed by atoms with Crippen LogP contribution in [0.25, 0.3) is 10.9 Å². The number of fused-ring (bicyclic) bond motifs is 1. The number of likely N-dealkylation sites (N-methyl/N-ethyl adjacent to an activating group) is 1. The summed E-state index contributed by atoms with van der Waals surface area (Å²) in [7, 11) is 3.58. The lowest BCUT2D eigenvalue weighted by atomic mass is 10.0. The Bertz CT molecular complexity index is 516. The number of para-hydroxylation sites is 1. The van der Waals surface area contributed by atoms with Gasteiger partial charge in [-0.15, -0.1) is 0 Å². The number of aromatic amines is 1. The first-order chi connectivity index (χ1) is 8.26. The standard InChI is InChI=1S/C14H18N2O/c1-10(17-3)14(15-2)8-11-9-16-13-7-5-4-6-12(11)13/h4-7,9,14-16H,1,8H2,2-3H3. The molecule has 0 aliphatic rings. The normalized spacial score (nSPS) is 12.6. The number of benzene rings is 1. The Morgan fingerprint density at radius 3 is 2.94 bits per heavy atom. The van der Waals surface area contributed by atoms with E-state index in [1.807, 2.05) is 13.1 Å². The summed E-state index contributed by atoms with van der Waals surface area (Å²) < 4.78 is 5.20. The van der Waals surface area contributed by atoms with Gasteiger partial charge >= 0.3 is 0 Å². The summed E-state index contributed by atoms with van der Waals surface area (Å²) in [6.07, 6.45) is 2.92. The fourth-order valence-corrected chi connectivity index (χ4v) is 2.04. The van der Waals surface area contributed by atoms with Crippen LogP contribution in [0.1, 0.15) is 5.56 Å². The molecule has 3 heteroatoms. The van der Waals surface area contributed by atoms with E-state index in [9.17, 15) is 0 Å². The van der Waals surface area contributed by atoms with Crippen molar-refractivity contribution in [1.29, 1.82) is 0 Å². The SMILES string of the molecule is C=C(OC)C(Cc1c[nH]c2ccccc12)NC. The molecule has 17 heavy (non-hydrogen) atoms. The second kappa shape index (κ2) is 5.06. The molecular weight excluding hydrogens is 212 g/mol. The number of H-pyrrole nitrogens is 1. The lowest BCUT2D eigenvalue weighted by molar-refractivity contribution is 0.255. The number of ether oxygens (including phenoxy) is 1. The van der Waals surface area contributed by atoms with Crippen molar-refractivity contribution >= 4 is 10.9 Å². The molecule has 0 aliphatic carbocycles. The molecule has 0 amide bonds. The second-order valence-electron chi connectivity index (χ2n) is 4.08. The van der Waals surface area contributed by atoms with Crippen LogP contribution >= 0.6 is 0 Å². The van der Waals surface area contributed by atoms with Crippen LogP contribution in [0.15, 0.2) is 42.8 Å². The van der Waals surface area contributed by atoms with Gasteiger partial charge in [0.2, 0.25) is 0 Å². The Balaban J connectivity index is 2.25. The Kier molecular flexibility index (Phi) is 3.49. The van der Waals surface area contributed by atoms with E-state index >= 15 is 0 Å². The summed E-state index contributed by atoms with van der Waals surface area (Å²) in [5.74, 6) is 0.762. The van der Waals surface area contributed by atoms with Gasteiger partial charge in [0.1, 0.15) is 5.76 Å². The Morgan fingerprint density at radius 1 is 1.47 bits per heavy atom. The molecule has 1 aromatic heterocycles. The minimum Gasteiger partial charge on any atom is -0.500 e. The first kappa shape index (κ1) is 11.7. The number of aromatic nitrogens is 1. The molecule has 1 heterocycles. The van der Waals surface area contributed by atoms with Crippen LogP contribution in [0.2, 0.25) is 0 Å². The average Bonchev–Trinajstić information content (AvgIpc) is 2.78. The van der Waals surface area contributed by atoms with Crippen molar-refractivity contribution in [3.05, 3.63) is 48.4 Å². The monoisotopic (exact) mass is 230 g/mol. The quantitative estimate of drug-likeness (QED) is 0.774. The maximum absolute atomic E-state index is 5.20. The van der Waals surface area contributed by atoms with Gasteiger partial charge in [0.15, 0.2) is 0 Å². The van der Waals surface area contributed by atoms with Crippen LogP contribution in [-0.2, 0) is 11.2 Å². The fraction of sp³-hybridized carbons (Fsp3) is 0.286. The van der Waals surface area contributed by atoms with E-state index in [4.69, 9.17) is 4.74 Å². The van der Waals surface area contributed by atoms with Crippen molar-refractivity contribution in [3.63, 3.8) is 0 Å². The molecule has 0 saturated heterocycles. The molecule has 0 radical (unpaired) electrons. The molecule has 1 atom stereocenters. The predicted molar refractivity (Wildman–Crippen MR) is 71.0 cm³/mol. The largest absolute Gasteiger partial charge is 0.500 e. The second-order valence-corrected chi connectivity index (χ2v) is 4.08. The Labute approximate surface area is 101 Å². The highest BCUT2D eigenvalue weighted by Gasteiger charge is 2.14. The van der Waals surface area contributed by atoms with Gasteiger partial charge < -0.3 is 15.0 Å². The van der Waals surface area contributed by atoms with Crippen molar-refractivity contribution in [2.45, 2.75) is 12.5 Å². The van der Waals surface area contributed by atoms with E-state index in [1.165, 1.54) is 16.5 Å². The van der Waals surface area contributed by atoms with Gasteiger partial charge in [0, 0.05) is 17.1 Å². The highest BCUT2D eigenvalue weighted by Crippen LogP contribution is 2.20. The summed E-state index contributed by atoms with van der Waals surface area (Å²) in [6.45, 7) is 3.91. The number of nitrogens with one attached hydrogen (secondary N) is 2. The molecular formula is C14H18N2O. The van der Waals surface area contributed by atoms with E-state index in [1.54, 1.807) is 7.11 Å². The smallest absolute Gasteiger partial charge is 0.106 e. The van der Waals surface area contributed by atoms with E-state index in [0.29, 0.717) is 0 Å². The molecule has 0 bridgehead atoms. The molecule has 0 aliphatic heterocycles. The van der Waals surface area contributed by atoms with Crippen LogP contribution in [0.3, 0.4) is 0 Å². The lowest BCUT2D eigenvalue weighted by Crippen LogP contribution is -2.29. The van der Waals surface area contributed by atoms with E-state index in [2.05, 4.69) is 41.3 Å². The minimum atomic E-state index is 0.138. The van der Waals surface area contributed by atoms with Gasteiger partial charge in [-0.1, -0.05) is 24.8 Å². The molecule has 0 fully saturated rings. The van der Waals surface area contributed by atoms with Gasteiger partial charge in [-0.2, -0.15) is 0 Å². The maximum Gasteiger partial charge on any atom is 0.106 e. The summed E-state index contributed by atoms with van der Waals surface area (Å²) in [6, 6.07) is 8.44. The zero-order chi connectivity index (χ0) is 12.3. The highest BCUT2D eigenvalue weighted by atomic mass is 16.5. The molecule has 90 valence electrons. The number of rotatable bonds is 5. The molecule has 3 nitrogen and oxygen atoms in total. The van der Waals surface area contributed by atoms with E-state index in [0.717, 1.165) is 12.2 Å². The fourth-order valence-electron chi connectivity index (χ4n) is 2.04. The summed E-state index contributed by atoms with van der Waals surface area (Å²) in [4.78, 5) is 3.28. The molecule has 1 unspecified atom stereocenters. The van der Waals surface area contributed by atoms with E-state index in [-0.39, 0.29) is 6.04 Å². The van der Waals surface area contributed by atoms with Crippen LogP contribution in [0, 0.1) is 0 Å². The third-order valence-electron chi connectivity index (χ3n) is 3.10. The van der Waals surface area contributed by atoms with Gasteiger partial charge in [-0.3, -0.25) is 0 Å². The van der Waals surface area contributed by atoms with Crippen LogP contribution in [-0.4, -0.2) is 25.2 Å². The number of hydrogen-bond donors (Lipinski definition) is 2. The third-order valence-corrected chi connectivity index (χ3v) is 3.10. The molecule has 2 rings (SSSR count). The number of hydrogen-bond acceptors (Lipinski definition) is 2. The first-order valence-corrected chi connectivity index (χ1v) is 5.71. The van der Waals surface area contributed by atoms with E-state index < -0.39 is 0 Å². The van der Waals surface area contributed by atoms with Gasteiger partial charge in [-0.05, 0) is 25.1 Å². The Hall–Kier alpha value is -1.74. The minimum absolute atomic E-state index is 0.138. The zero-order valence-electron chi connectivity index (χ0n) is 10.3. The highest BCUT2D eigenvalue weighted by molar-refractivity contribution is 5.83. The van der Waals surface area contributed by atoms with Crippen molar-refractivity contribution in [3.8, 4) is 0 Å². The zero-order valence-corrected chi connectivity index (χ0v) is 10.3. The molecule has 2 N–H and O–H groups in total. The molecule has 1 aromatic carbocycles. The molecule has 0 spiro atoms. The van der Waals surface area contributed by atoms with Crippen LogP contribution < -0.4 is 5.32 Å². The van der Waals surface area contributed by atoms with Gasteiger partial charge in [0.05, 0.1) is 13.2 Å². The van der Waals surface area contributed by atoms with Crippen molar-refractivity contribution in [2.24, 2.45) is 0 Å². The lowest BCUT2D eigenvalue weighted by Gasteiger charge is -2.17. The van der Waals surface area contributed by atoms with Gasteiger partial charge in [0.25, 0.3) is 0 Å². The average molecular weight is 230 g/mol. The summed E-state index contributed by atoms with van der Waals surface area (Å²) in [5, 5.41) is 4.48. The van der Waals surface area contributed by atoms with Crippen molar-refractivity contribution in [2.75, 3.05) is 14.2 Å². The van der Waals surface area contributed by atoms with Crippen LogP contribution in [0.5, 0.6) is 0 Å². The number of methoxy groups -OCH3 is 1. The summed E-state index contributed by atoms with van der Waals surface area (Å²) >= 11 is 0. The summed E-state index contributed by atoms with van der Waals surface area (Å²) in [5.41, 5.74) is 2.44. The predicted octanol–water partition coefficient (Wildman–Crippen LogP) is 2.46.